The molecule has 0 fully saturated rings. The summed E-state index contributed by atoms with van der Waals surface area (Å²) in [6, 6.07) is 20.2. The molecule has 3 aromatic rings. The molecule has 0 spiro atoms. The van der Waals surface area contributed by atoms with Crippen LogP contribution < -0.4 is 5.32 Å². The Kier molecular flexibility index (Phi) is 5.97. The number of aryl methyl sites for hydroxylation is 1. The maximum atomic E-state index is 12.0. The summed E-state index contributed by atoms with van der Waals surface area (Å²) in [6.45, 7) is 2.55. The van der Waals surface area contributed by atoms with Crippen molar-refractivity contribution in [1.29, 1.82) is 0 Å². The molecule has 1 aromatic heterocycles. The van der Waals surface area contributed by atoms with Gasteiger partial charge in [0.2, 0.25) is 5.91 Å². The molecular formula is C22H21NO2S. The molecule has 0 aliphatic rings. The van der Waals surface area contributed by atoms with E-state index in [0.717, 1.165) is 11.1 Å². The van der Waals surface area contributed by atoms with Crippen molar-refractivity contribution in [1.82, 2.24) is 5.32 Å². The van der Waals surface area contributed by atoms with Gasteiger partial charge >= 0.3 is 0 Å². The minimum Gasteiger partial charge on any atom is -0.352 e. The molecule has 4 heteroatoms. The quantitative estimate of drug-likeness (QED) is 0.600. The summed E-state index contributed by atoms with van der Waals surface area (Å²) in [5, 5.41) is 4.75. The number of carbonyl (C=O) groups excluding carboxylic acids is 2. The van der Waals surface area contributed by atoms with Crippen molar-refractivity contribution in [3.63, 3.8) is 0 Å². The van der Waals surface area contributed by atoms with Crippen molar-refractivity contribution in [3.8, 4) is 11.1 Å². The average Bonchev–Trinajstić information content (AvgIpc) is 3.20. The van der Waals surface area contributed by atoms with Gasteiger partial charge in [-0.25, -0.2) is 0 Å². The number of ketones is 1. The first-order valence-corrected chi connectivity index (χ1v) is 9.49. The van der Waals surface area contributed by atoms with Gasteiger partial charge in [0.25, 0.3) is 0 Å². The van der Waals surface area contributed by atoms with Gasteiger partial charge in [0.1, 0.15) is 0 Å². The average molecular weight is 363 g/mol. The van der Waals surface area contributed by atoms with E-state index < -0.39 is 0 Å². The Morgan fingerprint density at radius 1 is 0.923 bits per heavy atom. The number of thiophene rings is 1. The second-order valence-electron chi connectivity index (χ2n) is 6.24. The molecule has 0 aliphatic carbocycles. The molecule has 0 atom stereocenters. The van der Waals surface area contributed by atoms with Crippen molar-refractivity contribution in [3.05, 3.63) is 82.0 Å². The van der Waals surface area contributed by atoms with Crippen molar-refractivity contribution in [2.24, 2.45) is 0 Å². The number of Topliss-reactive ketones (excluding diaryl/α,β-unsaturated/α-hetero) is 1. The summed E-state index contributed by atoms with van der Waals surface area (Å²) in [7, 11) is 0. The number of benzene rings is 2. The zero-order valence-corrected chi connectivity index (χ0v) is 15.5. The Labute approximate surface area is 157 Å². The van der Waals surface area contributed by atoms with E-state index in [0.29, 0.717) is 11.4 Å². The summed E-state index contributed by atoms with van der Waals surface area (Å²) in [6.07, 6.45) is 0.469. The Balaban J connectivity index is 1.48. The molecule has 0 saturated heterocycles. The molecular weight excluding hydrogens is 342 g/mol. The Morgan fingerprint density at radius 2 is 1.73 bits per heavy atom. The van der Waals surface area contributed by atoms with E-state index in [1.807, 2.05) is 23.6 Å². The second-order valence-corrected chi connectivity index (χ2v) is 7.19. The van der Waals surface area contributed by atoms with Gasteiger partial charge < -0.3 is 5.32 Å². The normalized spacial score (nSPS) is 10.5. The summed E-state index contributed by atoms with van der Waals surface area (Å²) < 4.78 is 0. The van der Waals surface area contributed by atoms with Crippen LogP contribution >= 0.6 is 11.3 Å². The first kappa shape index (κ1) is 18.1. The van der Waals surface area contributed by atoms with Crippen LogP contribution in [0, 0.1) is 6.92 Å². The number of nitrogens with one attached hydrogen (secondary N) is 1. The molecule has 0 unspecified atom stereocenters. The fourth-order valence-electron chi connectivity index (χ4n) is 2.72. The molecule has 1 amide bonds. The fraction of sp³-hybridized carbons (Fsp3) is 0.182. The van der Waals surface area contributed by atoms with Crippen molar-refractivity contribution >= 4 is 23.0 Å². The maximum absolute atomic E-state index is 12.0. The third-order valence-electron chi connectivity index (χ3n) is 4.17. The second kappa shape index (κ2) is 8.59. The van der Waals surface area contributed by atoms with Gasteiger partial charge in [0, 0.05) is 19.4 Å². The van der Waals surface area contributed by atoms with Gasteiger partial charge in [0.05, 0.1) is 4.88 Å². The number of rotatable bonds is 7. The summed E-state index contributed by atoms with van der Waals surface area (Å²) in [5.41, 5.74) is 4.62. The van der Waals surface area contributed by atoms with E-state index in [1.165, 1.54) is 22.5 Å². The standard InChI is InChI=1S/C22H21NO2S/c1-16-4-2-5-19(14-16)18-9-7-17(8-10-18)15-23-22(25)12-11-20(24)21-6-3-13-26-21/h2-10,13-14H,11-12,15H2,1H3,(H,23,25). The van der Waals surface area contributed by atoms with Crippen LogP contribution in [-0.2, 0) is 11.3 Å². The topological polar surface area (TPSA) is 46.2 Å². The highest BCUT2D eigenvalue weighted by Crippen LogP contribution is 2.20. The summed E-state index contributed by atoms with van der Waals surface area (Å²) >= 11 is 1.41. The van der Waals surface area contributed by atoms with Gasteiger partial charge in [-0.3, -0.25) is 9.59 Å². The first-order chi connectivity index (χ1) is 12.6. The number of amides is 1. The van der Waals surface area contributed by atoms with E-state index in [2.05, 4.69) is 48.6 Å². The minimum atomic E-state index is -0.0994. The molecule has 0 radical (unpaired) electrons. The molecule has 0 bridgehead atoms. The smallest absolute Gasteiger partial charge is 0.220 e. The molecule has 26 heavy (non-hydrogen) atoms. The number of carbonyl (C=O) groups is 2. The Hall–Kier alpha value is -2.72. The highest BCUT2D eigenvalue weighted by atomic mass is 32.1. The van der Waals surface area contributed by atoms with E-state index in [4.69, 9.17) is 0 Å². The zero-order chi connectivity index (χ0) is 18.4. The predicted molar refractivity (Wildman–Crippen MR) is 106 cm³/mol. The van der Waals surface area contributed by atoms with Crippen LogP contribution in [0.2, 0.25) is 0 Å². The molecule has 1 N–H and O–H groups in total. The van der Waals surface area contributed by atoms with Gasteiger partial charge in [-0.2, -0.15) is 0 Å². The maximum Gasteiger partial charge on any atom is 0.220 e. The van der Waals surface area contributed by atoms with E-state index in [-0.39, 0.29) is 24.5 Å². The number of hydrogen-bond acceptors (Lipinski definition) is 3. The lowest BCUT2D eigenvalue weighted by atomic mass is 10.0. The fourth-order valence-corrected chi connectivity index (χ4v) is 3.41. The first-order valence-electron chi connectivity index (χ1n) is 8.61. The summed E-state index contributed by atoms with van der Waals surface area (Å²) in [5.74, 6) is -0.0738. The summed E-state index contributed by atoms with van der Waals surface area (Å²) in [4.78, 5) is 24.6. The monoisotopic (exact) mass is 363 g/mol. The lowest BCUT2D eigenvalue weighted by Gasteiger charge is -2.07. The van der Waals surface area contributed by atoms with Gasteiger partial charge in [-0.15, -0.1) is 11.3 Å². The Bertz CT molecular complexity index is 883. The SMILES string of the molecule is Cc1cccc(-c2ccc(CNC(=O)CCC(=O)c3cccs3)cc2)c1. The van der Waals surface area contributed by atoms with E-state index >= 15 is 0 Å². The van der Waals surface area contributed by atoms with Gasteiger partial charge in [0.15, 0.2) is 5.78 Å². The van der Waals surface area contributed by atoms with E-state index in [1.54, 1.807) is 6.07 Å². The molecule has 2 aromatic carbocycles. The van der Waals surface area contributed by atoms with Crippen molar-refractivity contribution in [2.45, 2.75) is 26.3 Å². The predicted octanol–water partition coefficient (Wildman–Crippen LogP) is 5.00. The minimum absolute atomic E-state index is 0.0256. The molecule has 0 saturated carbocycles. The molecule has 3 nitrogen and oxygen atoms in total. The highest BCUT2D eigenvalue weighted by Gasteiger charge is 2.10. The van der Waals surface area contributed by atoms with Gasteiger partial charge in [-0.05, 0) is 35.1 Å². The van der Waals surface area contributed by atoms with Crippen LogP contribution in [0.3, 0.4) is 0 Å². The third kappa shape index (κ3) is 4.90. The van der Waals surface area contributed by atoms with Crippen LogP contribution in [0.5, 0.6) is 0 Å². The van der Waals surface area contributed by atoms with Crippen LogP contribution in [0.25, 0.3) is 11.1 Å². The molecule has 1 heterocycles. The molecule has 3 rings (SSSR count). The Morgan fingerprint density at radius 3 is 2.42 bits per heavy atom. The largest absolute Gasteiger partial charge is 0.352 e. The van der Waals surface area contributed by atoms with Crippen molar-refractivity contribution in [2.75, 3.05) is 0 Å². The van der Waals surface area contributed by atoms with Crippen LogP contribution in [0.15, 0.2) is 66.0 Å². The van der Waals surface area contributed by atoms with Crippen molar-refractivity contribution < 1.29 is 9.59 Å². The zero-order valence-electron chi connectivity index (χ0n) is 14.7. The molecule has 0 aliphatic heterocycles. The number of hydrogen-bond donors (Lipinski definition) is 1. The van der Waals surface area contributed by atoms with Crippen LogP contribution in [-0.4, -0.2) is 11.7 Å². The van der Waals surface area contributed by atoms with E-state index in [9.17, 15) is 9.59 Å². The molecule has 132 valence electrons. The van der Waals surface area contributed by atoms with Crippen LogP contribution in [0.1, 0.15) is 33.6 Å². The highest BCUT2D eigenvalue weighted by molar-refractivity contribution is 7.12. The lowest BCUT2D eigenvalue weighted by Crippen LogP contribution is -2.23. The third-order valence-corrected chi connectivity index (χ3v) is 5.08. The van der Waals surface area contributed by atoms with Gasteiger partial charge in [-0.1, -0.05) is 60.2 Å². The van der Waals surface area contributed by atoms with Crippen LogP contribution in [0.4, 0.5) is 0 Å². The lowest BCUT2D eigenvalue weighted by molar-refractivity contribution is -0.121.